The van der Waals surface area contributed by atoms with Gasteiger partial charge in [0.15, 0.2) is 0 Å². The average Bonchev–Trinajstić information content (AvgIpc) is 3.57. The predicted octanol–water partition coefficient (Wildman–Crippen LogP) is 4.20. The number of imidazole rings is 1. The molecule has 4 atom stereocenters. The van der Waals surface area contributed by atoms with Crippen LogP contribution >= 0.6 is 0 Å². The Hall–Kier alpha value is -3.01. The van der Waals surface area contributed by atoms with Gasteiger partial charge in [-0.25, -0.2) is 15.0 Å². The van der Waals surface area contributed by atoms with Gasteiger partial charge in [0, 0.05) is 31.1 Å². The van der Waals surface area contributed by atoms with Gasteiger partial charge in [-0.1, -0.05) is 26.8 Å². The lowest BCUT2D eigenvalue weighted by atomic mass is 9.87. The van der Waals surface area contributed by atoms with Gasteiger partial charge >= 0.3 is 0 Å². The normalized spacial score (nSPS) is 22.2. The molecule has 4 aromatic rings. The number of hydrogen-bond acceptors (Lipinski definition) is 7. The van der Waals surface area contributed by atoms with Crippen LogP contribution in [-0.2, 0) is 11.8 Å². The number of aromatic amines is 1. The molecule has 5 N–H and O–H groups in total. The maximum Gasteiger partial charge on any atom is 0.145 e. The summed E-state index contributed by atoms with van der Waals surface area (Å²) in [5.41, 5.74) is 10.2. The molecular weight excluding hydrogens is 490 g/mol. The van der Waals surface area contributed by atoms with E-state index in [2.05, 4.69) is 72.7 Å². The minimum Gasteiger partial charge on any atom is -0.390 e. The van der Waals surface area contributed by atoms with Gasteiger partial charge in [0.05, 0.1) is 28.6 Å². The van der Waals surface area contributed by atoms with E-state index in [-0.39, 0.29) is 17.4 Å². The quantitative estimate of drug-likeness (QED) is 0.237. The third-order valence-electron chi connectivity index (χ3n) is 8.37. The van der Waals surface area contributed by atoms with Gasteiger partial charge in [-0.3, -0.25) is 0 Å². The second kappa shape index (κ2) is 10.9. The van der Waals surface area contributed by atoms with Gasteiger partial charge in [-0.2, -0.15) is 0 Å². The van der Waals surface area contributed by atoms with E-state index in [0.717, 1.165) is 54.6 Å². The fourth-order valence-electron chi connectivity index (χ4n) is 5.93. The Morgan fingerprint density at radius 3 is 2.67 bits per heavy atom. The number of nitrogen functional groups attached to an aromatic ring is 1. The van der Waals surface area contributed by atoms with Crippen LogP contribution in [0.25, 0.3) is 22.1 Å². The highest BCUT2D eigenvalue weighted by molar-refractivity contribution is 5.86. The summed E-state index contributed by atoms with van der Waals surface area (Å²) in [6.45, 7) is 12.7. The molecule has 0 bridgehead atoms. The lowest BCUT2D eigenvalue weighted by Crippen LogP contribution is -2.40. The minimum absolute atomic E-state index is 0.0311. The molecule has 0 aliphatic heterocycles. The summed E-state index contributed by atoms with van der Waals surface area (Å²) >= 11 is 0. The van der Waals surface area contributed by atoms with E-state index in [9.17, 15) is 10.2 Å². The van der Waals surface area contributed by atoms with Crippen molar-refractivity contribution in [3.8, 4) is 0 Å². The van der Waals surface area contributed by atoms with E-state index in [1.165, 1.54) is 11.9 Å². The van der Waals surface area contributed by atoms with E-state index in [1.54, 1.807) is 0 Å². The largest absolute Gasteiger partial charge is 0.390 e. The third-order valence-corrected chi connectivity index (χ3v) is 8.37. The van der Waals surface area contributed by atoms with E-state index in [4.69, 9.17) is 10.7 Å². The Morgan fingerprint density at radius 1 is 1.13 bits per heavy atom. The zero-order chi connectivity index (χ0) is 27.9. The maximum absolute atomic E-state index is 11.0. The van der Waals surface area contributed by atoms with Crippen molar-refractivity contribution in [1.82, 2.24) is 29.4 Å². The lowest BCUT2D eigenvalue weighted by molar-refractivity contribution is -0.00171. The van der Waals surface area contributed by atoms with Crippen molar-refractivity contribution in [2.75, 3.05) is 18.8 Å². The number of rotatable bonds is 9. The molecule has 1 saturated carbocycles. The molecule has 5 rings (SSSR count). The topological polar surface area (TPSA) is 129 Å². The monoisotopic (exact) mass is 533 g/mol. The Labute approximate surface area is 230 Å². The average molecular weight is 534 g/mol. The number of unbranched alkanes of at least 4 members (excludes halogenated alkanes) is 1. The summed E-state index contributed by atoms with van der Waals surface area (Å²) in [5, 5.41) is 22.7. The van der Waals surface area contributed by atoms with Crippen LogP contribution in [0.2, 0.25) is 0 Å². The Kier molecular flexibility index (Phi) is 7.68. The highest BCUT2D eigenvalue weighted by atomic mass is 16.3. The molecule has 3 aromatic heterocycles. The van der Waals surface area contributed by atoms with Gasteiger partial charge in [-0.05, 0) is 68.8 Å². The Morgan fingerprint density at radius 2 is 1.92 bits per heavy atom. The number of hydrogen-bond donors (Lipinski definition) is 4. The van der Waals surface area contributed by atoms with Gasteiger partial charge < -0.3 is 30.4 Å². The molecule has 0 saturated heterocycles. The first-order valence-electron chi connectivity index (χ1n) is 14.2. The number of aromatic nitrogens is 5. The summed E-state index contributed by atoms with van der Waals surface area (Å²) in [6.07, 6.45) is 5.34. The first-order valence-corrected chi connectivity index (χ1v) is 14.2. The van der Waals surface area contributed by atoms with Crippen LogP contribution < -0.4 is 5.73 Å². The highest BCUT2D eigenvalue weighted by Gasteiger charge is 2.43. The van der Waals surface area contributed by atoms with Crippen LogP contribution in [-0.4, -0.2) is 71.0 Å². The molecule has 39 heavy (non-hydrogen) atoms. The van der Waals surface area contributed by atoms with Gasteiger partial charge in [0.2, 0.25) is 0 Å². The van der Waals surface area contributed by atoms with E-state index in [0.29, 0.717) is 23.9 Å². The fourth-order valence-corrected chi connectivity index (χ4v) is 5.93. The number of anilines is 1. The summed E-state index contributed by atoms with van der Waals surface area (Å²) < 4.78 is 1.94. The molecule has 9 heteroatoms. The number of nitrogens with two attached hydrogens (primary N) is 1. The predicted molar refractivity (Wildman–Crippen MR) is 156 cm³/mol. The van der Waals surface area contributed by atoms with Gasteiger partial charge in [0.1, 0.15) is 29.7 Å². The van der Waals surface area contributed by atoms with Crippen molar-refractivity contribution >= 4 is 27.9 Å². The Bertz CT molecular complexity index is 1420. The Balaban J connectivity index is 1.18. The number of H-pyrrole nitrogens is 1. The molecule has 1 fully saturated rings. The van der Waals surface area contributed by atoms with Crippen molar-refractivity contribution < 1.29 is 10.2 Å². The van der Waals surface area contributed by atoms with Gasteiger partial charge in [-0.15, -0.1) is 0 Å². The summed E-state index contributed by atoms with van der Waals surface area (Å²) in [7, 11) is 0. The summed E-state index contributed by atoms with van der Waals surface area (Å²) in [5.74, 6) is 1.43. The third kappa shape index (κ3) is 5.66. The van der Waals surface area contributed by atoms with Crippen LogP contribution in [0.15, 0.2) is 36.8 Å². The molecule has 1 aliphatic carbocycles. The second-order valence-electron chi connectivity index (χ2n) is 12.5. The molecule has 9 nitrogen and oxygen atoms in total. The molecule has 0 unspecified atom stereocenters. The molecule has 0 amide bonds. The number of aliphatic hydroxyl groups is 2. The van der Waals surface area contributed by atoms with Crippen LogP contribution in [0.1, 0.15) is 71.3 Å². The molecule has 210 valence electrons. The van der Waals surface area contributed by atoms with Crippen LogP contribution in [0, 0.1) is 5.92 Å². The number of nitrogens with one attached hydrogen (secondary N) is 1. The van der Waals surface area contributed by atoms with Crippen molar-refractivity contribution in [2.24, 2.45) is 5.92 Å². The van der Waals surface area contributed by atoms with Crippen LogP contribution in [0.3, 0.4) is 0 Å². The van der Waals surface area contributed by atoms with E-state index >= 15 is 0 Å². The van der Waals surface area contributed by atoms with Crippen molar-refractivity contribution in [3.63, 3.8) is 0 Å². The number of fused-ring (bicyclic) bond motifs is 2. The van der Waals surface area contributed by atoms with Crippen molar-refractivity contribution in [2.45, 2.75) is 90.0 Å². The highest BCUT2D eigenvalue weighted by Crippen LogP contribution is 2.38. The smallest absolute Gasteiger partial charge is 0.145 e. The van der Waals surface area contributed by atoms with Crippen molar-refractivity contribution in [3.05, 3.63) is 48.2 Å². The van der Waals surface area contributed by atoms with Crippen LogP contribution in [0.4, 0.5) is 5.82 Å². The second-order valence-corrected chi connectivity index (χ2v) is 12.5. The number of nitrogens with zero attached hydrogens (tertiary/aromatic N) is 5. The number of benzene rings is 1. The lowest BCUT2D eigenvalue weighted by Gasteiger charge is -2.30. The first-order chi connectivity index (χ1) is 18.5. The van der Waals surface area contributed by atoms with Gasteiger partial charge in [0.25, 0.3) is 0 Å². The standard InChI is InChI=1S/C30H43N7O2/c1-18(2)36(12-7-6-8-25-34-22-10-9-20(30(3,4)5)15-23(22)35-25)16-19-14-24(27(39)26(19)38)37-13-11-21-28(31)32-17-33-29(21)37/h9-11,13,15,17-19,24,26-27,38-39H,6-8,12,14,16H2,1-5H3,(H,34,35)(H2,31,32,33)/t19-,24+,26+,27-/m0/s1. The van der Waals surface area contributed by atoms with Crippen LogP contribution in [0.5, 0.6) is 0 Å². The molecule has 3 heterocycles. The van der Waals surface area contributed by atoms with E-state index < -0.39 is 12.2 Å². The zero-order valence-corrected chi connectivity index (χ0v) is 23.8. The maximum atomic E-state index is 11.0. The number of aliphatic hydroxyl groups excluding tert-OH is 2. The van der Waals surface area contributed by atoms with Crippen molar-refractivity contribution in [1.29, 1.82) is 0 Å². The summed E-state index contributed by atoms with van der Waals surface area (Å²) in [4.78, 5) is 19.2. The minimum atomic E-state index is -0.859. The molecule has 0 spiro atoms. The SMILES string of the molecule is CC(C)N(CCCCc1nc2ccc(C(C)(C)C)cc2[nH]1)C[C@@H]1C[C@@H](n2ccc3c(N)ncnc32)[C@H](O)[C@@H]1O. The molecule has 0 radical (unpaired) electrons. The molecular formula is C30H43N7O2. The molecule has 1 aliphatic rings. The fraction of sp³-hybridized carbons (Fsp3) is 0.567. The first kappa shape index (κ1) is 27.6. The molecule has 1 aromatic carbocycles. The van der Waals surface area contributed by atoms with E-state index in [1.807, 2.05) is 16.8 Å². The summed E-state index contributed by atoms with van der Waals surface area (Å²) in [6, 6.07) is 8.48. The number of aryl methyl sites for hydroxylation is 1. The zero-order valence-electron chi connectivity index (χ0n) is 23.8.